The summed E-state index contributed by atoms with van der Waals surface area (Å²) < 4.78 is 11.4. The molecule has 0 spiro atoms. The number of carbonyl (C=O) groups is 2. The van der Waals surface area contributed by atoms with E-state index < -0.39 is 17.7 Å². The summed E-state index contributed by atoms with van der Waals surface area (Å²) in [6, 6.07) is 13.5. The highest BCUT2D eigenvalue weighted by Crippen LogP contribution is 2.40. The lowest BCUT2D eigenvalue weighted by molar-refractivity contribution is -0.140. The van der Waals surface area contributed by atoms with Gasteiger partial charge in [0, 0.05) is 30.3 Å². The van der Waals surface area contributed by atoms with Crippen LogP contribution in [0.3, 0.4) is 0 Å². The Morgan fingerprint density at radius 2 is 1.90 bits per heavy atom. The van der Waals surface area contributed by atoms with Crippen molar-refractivity contribution in [3.8, 4) is 5.75 Å². The number of aliphatic hydroxyl groups excluding tert-OH is 1. The molecule has 30 heavy (non-hydrogen) atoms. The Kier molecular flexibility index (Phi) is 7.29. The monoisotopic (exact) mass is 473 g/mol. The maximum atomic E-state index is 12.9. The Hall–Kier alpha value is -2.64. The molecular weight excluding hydrogens is 450 g/mol. The number of methoxy groups -OCH3 is 1. The first-order chi connectivity index (χ1) is 14.5. The standard InChI is InChI=1S/C23H24BrNO5/c1-3-30-18-10-8-15(9-11-18)21(26)19-20(16-6-4-7-17(24)14-16)25(12-5-13-29-2)23(28)22(19)27/h4,6-11,14,20,26H,3,5,12-13H2,1-2H3/t20-/m0/s1. The zero-order valence-corrected chi connectivity index (χ0v) is 18.5. The number of rotatable bonds is 8. The SMILES string of the molecule is CCOc1ccc(C(O)=C2C(=O)C(=O)N(CCCOC)[C@H]2c2cccc(Br)c2)cc1. The van der Waals surface area contributed by atoms with Crippen LogP contribution < -0.4 is 4.74 Å². The molecule has 0 aliphatic carbocycles. The van der Waals surface area contributed by atoms with Crippen LogP contribution in [0.1, 0.15) is 30.5 Å². The summed E-state index contributed by atoms with van der Waals surface area (Å²) in [5, 5.41) is 11.0. The fraction of sp³-hybridized carbons (Fsp3) is 0.304. The molecule has 0 saturated carbocycles. The number of hydrogen-bond donors (Lipinski definition) is 1. The lowest BCUT2D eigenvalue weighted by Crippen LogP contribution is -2.31. The number of Topliss-reactive ketones (excluding diaryl/α,β-unsaturated/α-hetero) is 1. The second-order valence-electron chi connectivity index (χ2n) is 6.85. The van der Waals surface area contributed by atoms with Crippen molar-refractivity contribution in [2.45, 2.75) is 19.4 Å². The minimum atomic E-state index is -0.691. The van der Waals surface area contributed by atoms with Gasteiger partial charge in [-0.2, -0.15) is 0 Å². The number of ketones is 1. The van der Waals surface area contributed by atoms with Crippen LogP contribution in [0, 0.1) is 0 Å². The van der Waals surface area contributed by atoms with E-state index in [-0.39, 0.29) is 11.3 Å². The predicted octanol–water partition coefficient (Wildman–Crippen LogP) is 4.31. The lowest BCUT2D eigenvalue weighted by atomic mass is 9.95. The third-order valence-electron chi connectivity index (χ3n) is 4.89. The quantitative estimate of drug-likeness (QED) is 0.267. The summed E-state index contributed by atoms with van der Waals surface area (Å²) >= 11 is 3.45. The average Bonchev–Trinajstić information content (AvgIpc) is 2.99. The minimum Gasteiger partial charge on any atom is -0.507 e. The molecule has 1 atom stereocenters. The highest BCUT2D eigenvalue weighted by atomic mass is 79.9. The van der Waals surface area contributed by atoms with Gasteiger partial charge in [0.05, 0.1) is 18.2 Å². The number of likely N-dealkylation sites (tertiary alicyclic amines) is 1. The highest BCUT2D eigenvalue weighted by Gasteiger charge is 2.45. The second kappa shape index (κ2) is 9.91. The summed E-state index contributed by atoms with van der Waals surface area (Å²) in [6.45, 7) is 3.22. The maximum Gasteiger partial charge on any atom is 0.295 e. The van der Waals surface area contributed by atoms with E-state index in [0.717, 1.165) is 10.0 Å². The van der Waals surface area contributed by atoms with E-state index in [1.54, 1.807) is 31.4 Å². The van der Waals surface area contributed by atoms with Crippen LogP contribution in [-0.2, 0) is 14.3 Å². The van der Waals surface area contributed by atoms with Gasteiger partial charge in [-0.05, 0) is 55.3 Å². The van der Waals surface area contributed by atoms with Gasteiger partial charge < -0.3 is 19.5 Å². The van der Waals surface area contributed by atoms with Gasteiger partial charge >= 0.3 is 0 Å². The van der Waals surface area contributed by atoms with E-state index in [0.29, 0.717) is 37.5 Å². The second-order valence-corrected chi connectivity index (χ2v) is 7.77. The van der Waals surface area contributed by atoms with Gasteiger partial charge in [0.15, 0.2) is 0 Å². The van der Waals surface area contributed by atoms with Crippen LogP contribution in [-0.4, -0.2) is 48.6 Å². The van der Waals surface area contributed by atoms with Crippen molar-refractivity contribution in [2.24, 2.45) is 0 Å². The molecule has 0 radical (unpaired) electrons. The van der Waals surface area contributed by atoms with Crippen LogP contribution in [0.25, 0.3) is 5.76 Å². The van der Waals surface area contributed by atoms with Gasteiger partial charge in [-0.1, -0.05) is 28.1 Å². The van der Waals surface area contributed by atoms with E-state index >= 15 is 0 Å². The molecule has 1 aliphatic rings. The zero-order valence-electron chi connectivity index (χ0n) is 16.9. The highest BCUT2D eigenvalue weighted by molar-refractivity contribution is 9.10. The van der Waals surface area contributed by atoms with Crippen molar-refractivity contribution in [1.29, 1.82) is 0 Å². The Morgan fingerprint density at radius 3 is 2.53 bits per heavy atom. The Morgan fingerprint density at radius 1 is 1.17 bits per heavy atom. The summed E-state index contributed by atoms with van der Waals surface area (Å²) in [4.78, 5) is 27.2. The molecule has 158 valence electrons. The average molecular weight is 474 g/mol. The molecule has 1 N–H and O–H groups in total. The molecule has 1 heterocycles. The van der Waals surface area contributed by atoms with E-state index in [4.69, 9.17) is 9.47 Å². The molecule has 3 rings (SSSR count). The molecule has 2 aromatic rings. The van der Waals surface area contributed by atoms with Gasteiger partial charge in [-0.25, -0.2) is 0 Å². The van der Waals surface area contributed by atoms with Gasteiger partial charge in [0.2, 0.25) is 0 Å². The first kappa shape index (κ1) is 22.1. The fourth-order valence-corrected chi connectivity index (χ4v) is 3.96. The first-order valence-corrected chi connectivity index (χ1v) is 10.5. The predicted molar refractivity (Wildman–Crippen MR) is 117 cm³/mol. The molecule has 7 heteroatoms. The molecule has 0 bridgehead atoms. The van der Waals surface area contributed by atoms with Crippen molar-refractivity contribution >= 4 is 33.4 Å². The topological polar surface area (TPSA) is 76.1 Å². The van der Waals surface area contributed by atoms with Crippen molar-refractivity contribution < 1.29 is 24.2 Å². The Balaban J connectivity index is 2.07. The number of halogens is 1. The van der Waals surface area contributed by atoms with Crippen LogP contribution in [0.15, 0.2) is 58.6 Å². The Labute approximate surface area is 184 Å². The third kappa shape index (κ3) is 4.57. The Bertz CT molecular complexity index is 954. The summed E-state index contributed by atoms with van der Waals surface area (Å²) in [5.74, 6) is -0.847. The number of amides is 1. The van der Waals surface area contributed by atoms with Crippen molar-refractivity contribution in [3.05, 3.63) is 69.7 Å². The van der Waals surface area contributed by atoms with E-state index in [9.17, 15) is 14.7 Å². The van der Waals surface area contributed by atoms with Gasteiger partial charge in [0.1, 0.15) is 11.5 Å². The molecule has 1 saturated heterocycles. The lowest BCUT2D eigenvalue weighted by Gasteiger charge is -2.25. The number of hydrogen-bond acceptors (Lipinski definition) is 5. The third-order valence-corrected chi connectivity index (χ3v) is 5.38. The number of aliphatic hydroxyl groups is 1. The van der Waals surface area contributed by atoms with Crippen molar-refractivity contribution in [1.82, 2.24) is 4.90 Å². The van der Waals surface area contributed by atoms with Crippen molar-refractivity contribution in [2.75, 3.05) is 26.9 Å². The van der Waals surface area contributed by atoms with Crippen LogP contribution in [0.2, 0.25) is 0 Å². The summed E-state index contributed by atoms with van der Waals surface area (Å²) in [7, 11) is 1.59. The van der Waals surface area contributed by atoms with Crippen LogP contribution in [0.4, 0.5) is 0 Å². The van der Waals surface area contributed by atoms with Gasteiger partial charge in [0.25, 0.3) is 11.7 Å². The number of nitrogens with zero attached hydrogens (tertiary/aromatic N) is 1. The van der Waals surface area contributed by atoms with Gasteiger partial charge in [-0.3, -0.25) is 9.59 Å². The molecule has 1 fully saturated rings. The molecule has 6 nitrogen and oxygen atoms in total. The summed E-state index contributed by atoms with van der Waals surface area (Å²) in [6.07, 6.45) is 0.580. The minimum absolute atomic E-state index is 0.0830. The number of carbonyl (C=O) groups excluding carboxylic acids is 2. The van der Waals surface area contributed by atoms with E-state index in [1.807, 2.05) is 31.2 Å². The molecule has 2 aromatic carbocycles. The molecule has 1 amide bonds. The smallest absolute Gasteiger partial charge is 0.295 e. The zero-order chi connectivity index (χ0) is 21.7. The molecular formula is C23H24BrNO5. The maximum absolute atomic E-state index is 12.9. The largest absolute Gasteiger partial charge is 0.507 e. The fourth-order valence-electron chi connectivity index (χ4n) is 3.54. The van der Waals surface area contributed by atoms with Gasteiger partial charge in [-0.15, -0.1) is 0 Å². The van der Waals surface area contributed by atoms with Crippen LogP contribution in [0.5, 0.6) is 5.75 Å². The molecule has 0 unspecified atom stereocenters. The van der Waals surface area contributed by atoms with E-state index in [2.05, 4.69) is 15.9 Å². The van der Waals surface area contributed by atoms with Crippen molar-refractivity contribution in [3.63, 3.8) is 0 Å². The van der Waals surface area contributed by atoms with E-state index in [1.165, 1.54) is 4.90 Å². The molecule has 1 aliphatic heterocycles. The number of benzene rings is 2. The summed E-state index contributed by atoms with van der Waals surface area (Å²) in [5.41, 5.74) is 1.28. The number of ether oxygens (including phenoxy) is 2. The molecule has 0 aromatic heterocycles. The normalized spacial score (nSPS) is 18.1. The first-order valence-electron chi connectivity index (χ1n) is 9.74. The van der Waals surface area contributed by atoms with Crippen LogP contribution >= 0.6 is 15.9 Å².